The van der Waals surface area contributed by atoms with Gasteiger partial charge in [-0.1, -0.05) is 0 Å². The number of hydrogen-bond acceptors (Lipinski definition) is 4. The summed E-state index contributed by atoms with van der Waals surface area (Å²) in [6, 6.07) is 1.71. The van der Waals surface area contributed by atoms with Crippen LogP contribution in [0.1, 0.15) is 72.8 Å². The van der Waals surface area contributed by atoms with Gasteiger partial charge in [0.05, 0.1) is 0 Å². The second-order valence-corrected chi connectivity index (χ2v) is 6.65. The van der Waals surface area contributed by atoms with Gasteiger partial charge in [-0.2, -0.15) is 5.10 Å². The summed E-state index contributed by atoms with van der Waals surface area (Å²) in [6.45, 7) is 2.33. The van der Waals surface area contributed by atoms with Crippen LogP contribution >= 0.6 is 0 Å². The Kier molecular flexibility index (Phi) is 4.59. The van der Waals surface area contributed by atoms with Crippen LogP contribution in [0.25, 0.3) is 0 Å². The molecule has 1 aromatic heterocycles. The minimum absolute atomic E-state index is 0.0658. The highest BCUT2D eigenvalue weighted by atomic mass is 16.2. The van der Waals surface area contributed by atoms with Crippen molar-refractivity contribution in [3.05, 3.63) is 17.5 Å². The Morgan fingerprint density at radius 1 is 1.22 bits per heavy atom. The maximum atomic E-state index is 12.4. The van der Waals surface area contributed by atoms with Crippen LogP contribution < -0.4 is 5.32 Å². The van der Waals surface area contributed by atoms with Crippen LogP contribution in [-0.2, 0) is 11.3 Å². The fraction of sp³-hybridized carbons (Fsp3) is 0.647. The molecule has 124 valence electrons. The maximum absolute atomic E-state index is 12.4. The molecule has 6 nitrogen and oxygen atoms in total. The first-order valence-corrected chi connectivity index (χ1v) is 8.47. The molecule has 1 aromatic rings. The number of carbonyl (C=O) groups is 3. The molecule has 23 heavy (non-hydrogen) atoms. The van der Waals surface area contributed by atoms with E-state index in [0.717, 1.165) is 38.5 Å². The number of aromatic nitrogens is 2. The van der Waals surface area contributed by atoms with Gasteiger partial charge in [-0.15, -0.1) is 0 Å². The average Bonchev–Trinajstić information content (AvgIpc) is 2.89. The number of carbonyl (C=O) groups excluding carboxylic acids is 3. The average molecular weight is 317 g/mol. The topological polar surface area (TPSA) is 81.1 Å². The van der Waals surface area contributed by atoms with Gasteiger partial charge in [0.25, 0.3) is 5.91 Å². The van der Waals surface area contributed by atoms with Gasteiger partial charge >= 0.3 is 0 Å². The first-order chi connectivity index (χ1) is 11.0. The van der Waals surface area contributed by atoms with E-state index in [1.165, 1.54) is 0 Å². The zero-order valence-electron chi connectivity index (χ0n) is 13.5. The first-order valence-electron chi connectivity index (χ1n) is 8.47. The Morgan fingerprint density at radius 3 is 2.65 bits per heavy atom. The van der Waals surface area contributed by atoms with Crippen molar-refractivity contribution in [3.63, 3.8) is 0 Å². The van der Waals surface area contributed by atoms with Gasteiger partial charge in [0.2, 0.25) is 0 Å². The largest absolute Gasteiger partial charge is 0.348 e. The zero-order chi connectivity index (χ0) is 16.4. The Labute approximate surface area is 135 Å². The van der Waals surface area contributed by atoms with E-state index in [1.54, 1.807) is 17.7 Å². The van der Waals surface area contributed by atoms with Gasteiger partial charge in [-0.25, -0.2) is 0 Å². The minimum Gasteiger partial charge on any atom is -0.348 e. The highest BCUT2D eigenvalue weighted by molar-refractivity contribution is 5.99. The SMILES string of the molecule is CC(=O)C1CCC(NC(=O)c2cc3n(n2)CCCCC3=O)CC1. The molecule has 1 aliphatic carbocycles. The van der Waals surface area contributed by atoms with Crippen molar-refractivity contribution < 1.29 is 14.4 Å². The predicted octanol–water partition coefficient (Wildman–Crippen LogP) is 2.13. The molecule has 0 aromatic carbocycles. The third-order valence-electron chi connectivity index (χ3n) is 4.96. The van der Waals surface area contributed by atoms with Crippen molar-refractivity contribution in [1.82, 2.24) is 15.1 Å². The van der Waals surface area contributed by atoms with Gasteiger partial charge in [0, 0.05) is 31.0 Å². The van der Waals surface area contributed by atoms with Gasteiger partial charge in [0.15, 0.2) is 11.5 Å². The molecule has 2 heterocycles. The number of ketones is 2. The van der Waals surface area contributed by atoms with E-state index in [2.05, 4.69) is 10.4 Å². The normalized spacial score (nSPS) is 24.7. The molecule has 1 amide bonds. The van der Waals surface area contributed by atoms with E-state index in [4.69, 9.17) is 0 Å². The highest BCUT2D eigenvalue weighted by Gasteiger charge is 2.27. The lowest BCUT2D eigenvalue weighted by atomic mass is 9.84. The lowest BCUT2D eigenvalue weighted by molar-refractivity contribution is -0.121. The van der Waals surface area contributed by atoms with E-state index < -0.39 is 0 Å². The quantitative estimate of drug-likeness (QED) is 0.926. The van der Waals surface area contributed by atoms with Crippen molar-refractivity contribution in [2.75, 3.05) is 0 Å². The molecule has 0 saturated heterocycles. The number of aryl methyl sites for hydroxylation is 1. The number of hydrogen-bond donors (Lipinski definition) is 1. The molecule has 0 spiro atoms. The first kappa shape index (κ1) is 15.9. The van der Waals surface area contributed by atoms with Crippen LogP contribution in [0.5, 0.6) is 0 Å². The van der Waals surface area contributed by atoms with Crippen molar-refractivity contribution >= 4 is 17.5 Å². The summed E-state index contributed by atoms with van der Waals surface area (Å²) in [5.41, 5.74) is 0.872. The summed E-state index contributed by atoms with van der Waals surface area (Å²) in [4.78, 5) is 35.8. The monoisotopic (exact) mass is 317 g/mol. The summed E-state index contributed by atoms with van der Waals surface area (Å²) in [7, 11) is 0. The summed E-state index contributed by atoms with van der Waals surface area (Å²) in [6.07, 6.45) is 5.63. The van der Waals surface area contributed by atoms with Crippen molar-refractivity contribution in [2.45, 2.75) is 64.5 Å². The van der Waals surface area contributed by atoms with Gasteiger partial charge in [-0.3, -0.25) is 19.1 Å². The zero-order valence-corrected chi connectivity index (χ0v) is 13.5. The summed E-state index contributed by atoms with van der Waals surface area (Å²) < 4.78 is 1.66. The second-order valence-electron chi connectivity index (χ2n) is 6.65. The van der Waals surface area contributed by atoms with Crippen LogP contribution in [-0.4, -0.2) is 33.3 Å². The molecule has 0 unspecified atom stereocenters. The molecule has 0 atom stereocenters. The summed E-state index contributed by atoms with van der Waals surface area (Å²) >= 11 is 0. The van der Waals surface area contributed by atoms with E-state index >= 15 is 0 Å². The number of amides is 1. The van der Waals surface area contributed by atoms with Crippen molar-refractivity contribution in [1.29, 1.82) is 0 Å². The second kappa shape index (κ2) is 6.64. The minimum atomic E-state index is -0.218. The number of nitrogens with zero attached hydrogens (tertiary/aromatic N) is 2. The van der Waals surface area contributed by atoms with Crippen LogP contribution in [0.2, 0.25) is 0 Å². The molecule has 1 N–H and O–H groups in total. The molecular formula is C17H23N3O3. The molecule has 1 saturated carbocycles. The van der Waals surface area contributed by atoms with Gasteiger partial charge in [-0.05, 0) is 45.4 Å². The number of rotatable bonds is 3. The lowest BCUT2D eigenvalue weighted by Crippen LogP contribution is -2.38. The molecule has 1 aliphatic heterocycles. The van der Waals surface area contributed by atoms with Crippen molar-refractivity contribution in [3.8, 4) is 0 Å². The van der Waals surface area contributed by atoms with Crippen molar-refractivity contribution in [2.24, 2.45) is 5.92 Å². The highest BCUT2D eigenvalue weighted by Crippen LogP contribution is 2.25. The molecule has 0 radical (unpaired) electrons. The van der Waals surface area contributed by atoms with Gasteiger partial charge < -0.3 is 5.32 Å². The van der Waals surface area contributed by atoms with E-state index in [9.17, 15) is 14.4 Å². The Bertz CT molecular complexity index is 627. The summed E-state index contributed by atoms with van der Waals surface area (Å²) in [5, 5.41) is 7.30. The van der Waals surface area contributed by atoms with E-state index in [-0.39, 0.29) is 29.4 Å². The van der Waals surface area contributed by atoms with Gasteiger partial charge in [0.1, 0.15) is 11.5 Å². The fourth-order valence-corrected chi connectivity index (χ4v) is 3.50. The van der Waals surface area contributed by atoms with Crippen LogP contribution in [0.15, 0.2) is 6.07 Å². The Balaban J connectivity index is 1.62. The Hall–Kier alpha value is -1.98. The molecule has 1 fully saturated rings. The molecule has 6 heteroatoms. The molecule has 2 aliphatic rings. The van der Waals surface area contributed by atoms with Crippen LogP contribution in [0.4, 0.5) is 0 Å². The number of Topliss-reactive ketones (excluding diaryl/α,β-unsaturated/α-hetero) is 2. The van der Waals surface area contributed by atoms with E-state index in [0.29, 0.717) is 24.4 Å². The molecular weight excluding hydrogens is 294 g/mol. The third kappa shape index (κ3) is 3.51. The summed E-state index contributed by atoms with van der Waals surface area (Å²) in [5.74, 6) is 0.233. The molecule has 0 bridgehead atoms. The van der Waals surface area contributed by atoms with Crippen LogP contribution in [0.3, 0.4) is 0 Å². The number of fused-ring (bicyclic) bond motifs is 1. The predicted molar refractivity (Wildman–Crippen MR) is 84.3 cm³/mol. The van der Waals surface area contributed by atoms with E-state index in [1.807, 2.05) is 0 Å². The maximum Gasteiger partial charge on any atom is 0.272 e. The third-order valence-corrected chi connectivity index (χ3v) is 4.96. The fourth-order valence-electron chi connectivity index (χ4n) is 3.50. The smallest absolute Gasteiger partial charge is 0.272 e. The number of nitrogens with one attached hydrogen (secondary N) is 1. The standard InChI is InChI=1S/C17H23N3O3/c1-11(21)12-5-7-13(8-6-12)18-17(23)14-10-15-16(22)4-2-3-9-20(15)19-14/h10,12-13H,2-9H2,1H3,(H,18,23). The Morgan fingerprint density at radius 2 is 1.96 bits per heavy atom. The molecule has 3 rings (SSSR count). The van der Waals surface area contributed by atoms with Crippen LogP contribution in [0, 0.1) is 5.92 Å². The lowest BCUT2D eigenvalue weighted by Gasteiger charge is -2.27.